The van der Waals surface area contributed by atoms with Crippen LogP contribution in [0.25, 0.3) is 11.5 Å². The highest BCUT2D eigenvalue weighted by Crippen LogP contribution is 2.36. The van der Waals surface area contributed by atoms with Crippen LogP contribution in [0.5, 0.6) is 0 Å². The molecule has 1 saturated carbocycles. The molecule has 4 rings (SSSR count). The standard InChI is InChI=1S/C17H22N4O3S.ClH/c1-25(22,23)21-10-4-5-12-11-13(6-7-14(12)21)15-19-16(20-24-15)17(18)8-2-3-9-17;/h6-7,11H,2-5,8-10,18H2,1H3;1H. The van der Waals surface area contributed by atoms with Crippen molar-refractivity contribution in [2.24, 2.45) is 5.73 Å². The molecule has 2 aromatic rings. The average molecular weight is 399 g/mol. The van der Waals surface area contributed by atoms with Crippen LogP contribution < -0.4 is 10.0 Å². The van der Waals surface area contributed by atoms with Gasteiger partial charge < -0.3 is 10.3 Å². The van der Waals surface area contributed by atoms with E-state index in [1.54, 1.807) is 0 Å². The number of hydrogen-bond acceptors (Lipinski definition) is 6. The van der Waals surface area contributed by atoms with Crippen LogP contribution in [0.2, 0.25) is 0 Å². The van der Waals surface area contributed by atoms with Gasteiger partial charge in [0.1, 0.15) is 0 Å². The maximum absolute atomic E-state index is 12.0. The van der Waals surface area contributed by atoms with Gasteiger partial charge in [-0.05, 0) is 49.4 Å². The van der Waals surface area contributed by atoms with Crippen molar-refractivity contribution in [2.75, 3.05) is 17.1 Å². The van der Waals surface area contributed by atoms with Crippen LogP contribution in [-0.4, -0.2) is 31.4 Å². The lowest BCUT2D eigenvalue weighted by Crippen LogP contribution is -2.34. The fourth-order valence-electron chi connectivity index (χ4n) is 3.81. The summed E-state index contributed by atoms with van der Waals surface area (Å²) in [7, 11) is -3.27. The van der Waals surface area contributed by atoms with Crippen molar-refractivity contribution in [1.29, 1.82) is 0 Å². The van der Waals surface area contributed by atoms with E-state index in [4.69, 9.17) is 10.3 Å². The third-order valence-electron chi connectivity index (χ3n) is 5.17. The minimum absolute atomic E-state index is 0. The number of aryl methyl sites for hydroxylation is 1. The quantitative estimate of drug-likeness (QED) is 0.852. The Morgan fingerprint density at radius 2 is 1.96 bits per heavy atom. The first-order chi connectivity index (χ1) is 11.9. The van der Waals surface area contributed by atoms with Crippen molar-refractivity contribution in [3.63, 3.8) is 0 Å². The zero-order valence-electron chi connectivity index (χ0n) is 14.6. The summed E-state index contributed by atoms with van der Waals surface area (Å²) < 4.78 is 30.8. The Balaban J connectivity index is 0.00000196. The molecule has 0 amide bonds. The average Bonchev–Trinajstić information content (AvgIpc) is 3.23. The Kier molecular flexibility index (Phi) is 5.02. The number of anilines is 1. The lowest BCUT2D eigenvalue weighted by atomic mass is 9.98. The van der Waals surface area contributed by atoms with E-state index in [0.29, 0.717) is 18.3 Å². The normalized spacial score (nSPS) is 19.1. The second-order valence-electron chi connectivity index (χ2n) is 7.07. The van der Waals surface area contributed by atoms with E-state index in [9.17, 15) is 8.42 Å². The van der Waals surface area contributed by atoms with E-state index in [0.717, 1.165) is 55.3 Å². The lowest BCUT2D eigenvalue weighted by molar-refractivity contribution is 0.372. The number of rotatable bonds is 3. The molecule has 1 aliphatic carbocycles. The minimum Gasteiger partial charge on any atom is -0.334 e. The molecule has 2 N–H and O–H groups in total. The van der Waals surface area contributed by atoms with Crippen LogP contribution in [0.1, 0.15) is 43.5 Å². The molecule has 1 aromatic heterocycles. The fraction of sp³-hybridized carbons (Fsp3) is 0.529. The first kappa shape index (κ1) is 19.1. The van der Waals surface area contributed by atoms with Crippen molar-refractivity contribution in [3.05, 3.63) is 29.6 Å². The zero-order chi connectivity index (χ0) is 17.7. The van der Waals surface area contributed by atoms with Gasteiger partial charge in [-0.15, -0.1) is 12.4 Å². The summed E-state index contributed by atoms with van der Waals surface area (Å²) in [6.45, 7) is 0.519. The SMILES string of the molecule is CS(=O)(=O)N1CCCc2cc(-c3nc(C4(N)CCCC4)no3)ccc21.Cl. The molecule has 0 unspecified atom stereocenters. The van der Waals surface area contributed by atoms with Gasteiger partial charge in [0.2, 0.25) is 10.0 Å². The first-order valence-electron chi connectivity index (χ1n) is 8.61. The Morgan fingerprint density at radius 3 is 2.65 bits per heavy atom. The molecule has 0 spiro atoms. The number of aromatic nitrogens is 2. The highest BCUT2D eigenvalue weighted by Gasteiger charge is 2.36. The van der Waals surface area contributed by atoms with Gasteiger partial charge in [-0.1, -0.05) is 18.0 Å². The monoisotopic (exact) mass is 398 g/mol. The smallest absolute Gasteiger partial charge is 0.258 e. The predicted molar refractivity (Wildman–Crippen MR) is 102 cm³/mol. The molecule has 26 heavy (non-hydrogen) atoms. The molecule has 1 aliphatic heterocycles. The molecule has 0 atom stereocenters. The highest BCUT2D eigenvalue weighted by molar-refractivity contribution is 7.92. The zero-order valence-corrected chi connectivity index (χ0v) is 16.3. The van der Waals surface area contributed by atoms with Gasteiger partial charge in [0, 0.05) is 12.1 Å². The maximum Gasteiger partial charge on any atom is 0.258 e. The first-order valence-corrected chi connectivity index (χ1v) is 10.5. The van der Waals surface area contributed by atoms with E-state index in [2.05, 4.69) is 10.1 Å². The van der Waals surface area contributed by atoms with Crippen molar-refractivity contribution in [3.8, 4) is 11.5 Å². The predicted octanol–water partition coefficient (Wildman–Crippen LogP) is 2.60. The summed E-state index contributed by atoms with van der Waals surface area (Å²) in [5, 5.41) is 4.10. The largest absolute Gasteiger partial charge is 0.334 e. The number of nitrogens with two attached hydrogens (primary N) is 1. The molecule has 2 aliphatic rings. The molecule has 142 valence electrons. The molecule has 0 radical (unpaired) electrons. The summed E-state index contributed by atoms with van der Waals surface area (Å²) in [5.74, 6) is 1.00. The summed E-state index contributed by atoms with van der Waals surface area (Å²) in [4.78, 5) is 4.52. The van der Waals surface area contributed by atoms with E-state index in [1.807, 2.05) is 18.2 Å². The summed E-state index contributed by atoms with van der Waals surface area (Å²) in [6.07, 6.45) is 6.78. The number of hydrogen-bond donors (Lipinski definition) is 1. The van der Waals surface area contributed by atoms with Gasteiger partial charge in [0.15, 0.2) is 5.82 Å². The summed E-state index contributed by atoms with van der Waals surface area (Å²) in [5.41, 5.74) is 8.43. The Bertz CT molecular complexity index is 906. The molecule has 9 heteroatoms. The number of sulfonamides is 1. The van der Waals surface area contributed by atoms with Gasteiger partial charge in [-0.2, -0.15) is 4.98 Å². The third kappa shape index (κ3) is 3.33. The van der Waals surface area contributed by atoms with Crippen molar-refractivity contribution in [2.45, 2.75) is 44.1 Å². The van der Waals surface area contributed by atoms with Crippen molar-refractivity contribution in [1.82, 2.24) is 10.1 Å². The van der Waals surface area contributed by atoms with E-state index < -0.39 is 15.6 Å². The van der Waals surface area contributed by atoms with Crippen LogP contribution in [0.15, 0.2) is 22.7 Å². The van der Waals surface area contributed by atoms with Gasteiger partial charge >= 0.3 is 0 Å². The molecular weight excluding hydrogens is 376 g/mol. The van der Waals surface area contributed by atoms with Crippen LogP contribution in [0, 0.1) is 0 Å². The number of halogens is 1. The second kappa shape index (κ2) is 6.83. The van der Waals surface area contributed by atoms with Crippen LogP contribution in [0.4, 0.5) is 5.69 Å². The molecule has 7 nitrogen and oxygen atoms in total. The summed E-state index contributed by atoms with van der Waals surface area (Å²) >= 11 is 0. The van der Waals surface area contributed by atoms with Crippen molar-refractivity contribution >= 4 is 28.1 Å². The maximum atomic E-state index is 12.0. The minimum atomic E-state index is -3.27. The number of fused-ring (bicyclic) bond motifs is 1. The van der Waals surface area contributed by atoms with E-state index in [-0.39, 0.29) is 12.4 Å². The molecule has 1 fully saturated rings. The van der Waals surface area contributed by atoms with Gasteiger partial charge in [-0.25, -0.2) is 8.42 Å². The molecular formula is C17H23ClN4O3S. The topological polar surface area (TPSA) is 102 Å². The molecule has 1 aromatic carbocycles. The van der Waals surface area contributed by atoms with Gasteiger partial charge in [0.05, 0.1) is 17.5 Å². The van der Waals surface area contributed by atoms with E-state index in [1.165, 1.54) is 10.6 Å². The lowest BCUT2D eigenvalue weighted by Gasteiger charge is -2.29. The number of benzene rings is 1. The van der Waals surface area contributed by atoms with Crippen molar-refractivity contribution < 1.29 is 12.9 Å². The van der Waals surface area contributed by atoms with E-state index >= 15 is 0 Å². The molecule has 0 saturated heterocycles. The molecule has 2 heterocycles. The van der Waals surface area contributed by atoms with Crippen LogP contribution in [-0.2, 0) is 22.0 Å². The summed E-state index contributed by atoms with van der Waals surface area (Å²) in [6, 6.07) is 5.60. The van der Waals surface area contributed by atoms with Gasteiger partial charge in [0.25, 0.3) is 5.89 Å². The van der Waals surface area contributed by atoms with Crippen LogP contribution >= 0.6 is 12.4 Å². The Hall–Kier alpha value is -1.64. The number of nitrogens with zero attached hydrogens (tertiary/aromatic N) is 3. The highest BCUT2D eigenvalue weighted by atomic mass is 35.5. The molecule has 0 bridgehead atoms. The van der Waals surface area contributed by atoms with Gasteiger partial charge in [-0.3, -0.25) is 4.31 Å². The van der Waals surface area contributed by atoms with Crippen LogP contribution in [0.3, 0.4) is 0 Å². The fourth-order valence-corrected chi connectivity index (χ4v) is 4.81. The third-order valence-corrected chi connectivity index (χ3v) is 6.35. The second-order valence-corrected chi connectivity index (χ2v) is 8.98. The Morgan fingerprint density at radius 1 is 1.23 bits per heavy atom. The Labute approximate surface area is 159 Å².